The first-order valence-corrected chi connectivity index (χ1v) is 7.87. The fourth-order valence-corrected chi connectivity index (χ4v) is 3.59. The summed E-state index contributed by atoms with van der Waals surface area (Å²) >= 11 is 1.71. The number of nitrogens with one attached hydrogen (secondary N) is 1. The first-order chi connectivity index (χ1) is 9.34. The van der Waals surface area contributed by atoms with Crippen molar-refractivity contribution in [3.63, 3.8) is 0 Å². The van der Waals surface area contributed by atoms with E-state index in [1.165, 1.54) is 4.88 Å². The number of hydrogen-bond donors (Lipinski definition) is 1. The molecule has 0 aromatic carbocycles. The summed E-state index contributed by atoms with van der Waals surface area (Å²) in [5.41, 5.74) is 0. The standard InChI is InChI=1S/C14H20N2O2S/c17-14(11-3-5-15-6-4-11)16-7-8-18-12(10-16)13-2-1-9-19-13/h1-2,9,11-12,15H,3-8,10H2. The molecular formula is C14H20N2O2S. The van der Waals surface area contributed by atoms with E-state index in [1.54, 1.807) is 11.3 Å². The van der Waals surface area contributed by atoms with Gasteiger partial charge in [-0.05, 0) is 37.4 Å². The van der Waals surface area contributed by atoms with Crippen molar-refractivity contribution in [2.75, 3.05) is 32.8 Å². The minimum atomic E-state index is 0.0689. The molecule has 0 radical (unpaired) electrons. The fourth-order valence-electron chi connectivity index (χ4n) is 2.82. The molecule has 2 aliphatic heterocycles. The van der Waals surface area contributed by atoms with Crippen molar-refractivity contribution in [3.8, 4) is 0 Å². The Morgan fingerprint density at radius 2 is 2.26 bits per heavy atom. The molecule has 0 bridgehead atoms. The molecule has 3 rings (SSSR count). The third-order valence-electron chi connectivity index (χ3n) is 3.93. The van der Waals surface area contributed by atoms with Crippen LogP contribution in [0.3, 0.4) is 0 Å². The lowest BCUT2D eigenvalue weighted by atomic mass is 9.96. The quantitative estimate of drug-likeness (QED) is 0.895. The molecule has 1 aromatic rings. The zero-order valence-electron chi connectivity index (χ0n) is 11.0. The van der Waals surface area contributed by atoms with Gasteiger partial charge in [0, 0.05) is 17.3 Å². The van der Waals surface area contributed by atoms with E-state index >= 15 is 0 Å². The lowest BCUT2D eigenvalue weighted by Gasteiger charge is -2.35. The average molecular weight is 280 g/mol. The number of thiophene rings is 1. The number of hydrogen-bond acceptors (Lipinski definition) is 4. The van der Waals surface area contributed by atoms with Gasteiger partial charge in [-0.15, -0.1) is 11.3 Å². The normalized spacial score (nSPS) is 25.5. The monoisotopic (exact) mass is 280 g/mol. The molecule has 4 nitrogen and oxygen atoms in total. The third-order valence-corrected chi connectivity index (χ3v) is 4.89. The van der Waals surface area contributed by atoms with E-state index in [4.69, 9.17) is 4.74 Å². The van der Waals surface area contributed by atoms with Crippen LogP contribution in [-0.2, 0) is 9.53 Å². The Morgan fingerprint density at radius 3 is 3.00 bits per heavy atom. The Labute approximate surface area is 117 Å². The Bertz CT molecular complexity index is 415. The van der Waals surface area contributed by atoms with Crippen molar-refractivity contribution in [2.24, 2.45) is 5.92 Å². The maximum atomic E-state index is 12.5. The van der Waals surface area contributed by atoms with Crippen molar-refractivity contribution in [3.05, 3.63) is 22.4 Å². The lowest BCUT2D eigenvalue weighted by molar-refractivity contribution is -0.144. The molecule has 2 fully saturated rings. The fraction of sp³-hybridized carbons (Fsp3) is 0.643. The first-order valence-electron chi connectivity index (χ1n) is 6.99. The van der Waals surface area contributed by atoms with Crippen LogP contribution >= 0.6 is 11.3 Å². The highest BCUT2D eigenvalue weighted by Crippen LogP contribution is 2.27. The minimum absolute atomic E-state index is 0.0689. The van der Waals surface area contributed by atoms with E-state index in [1.807, 2.05) is 11.0 Å². The molecule has 5 heteroatoms. The molecule has 1 amide bonds. The van der Waals surface area contributed by atoms with Gasteiger partial charge in [0.25, 0.3) is 0 Å². The summed E-state index contributed by atoms with van der Waals surface area (Å²) in [4.78, 5) is 15.7. The number of piperidine rings is 1. The van der Waals surface area contributed by atoms with Gasteiger partial charge in [0.15, 0.2) is 0 Å². The largest absolute Gasteiger partial charge is 0.369 e. The van der Waals surface area contributed by atoms with Gasteiger partial charge >= 0.3 is 0 Å². The van der Waals surface area contributed by atoms with Crippen LogP contribution in [0.1, 0.15) is 23.8 Å². The van der Waals surface area contributed by atoms with Gasteiger partial charge in [0.2, 0.25) is 5.91 Å². The molecule has 1 aromatic heterocycles. The van der Waals surface area contributed by atoms with E-state index in [-0.39, 0.29) is 12.0 Å². The molecule has 1 unspecified atom stereocenters. The van der Waals surface area contributed by atoms with Crippen molar-refractivity contribution >= 4 is 17.2 Å². The number of carbonyl (C=O) groups is 1. The minimum Gasteiger partial charge on any atom is -0.369 e. The zero-order valence-corrected chi connectivity index (χ0v) is 11.8. The van der Waals surface area contributed by atoms with Crippen molar-refractivity contribution in [1.29, 1.82) is 0 Å². The number of morpholine rings is 1. The molecule has 2 aliphatic rings. The summed E-state index contributed by atoms with van der Waals surface area (Å²) in [6.45, 7) is 4.04. The number of carbonyl (C=O) groups excluding carboxylic acids is 1. The predicted molar refractivity (Wildman–Crippen MR) is 75.2 cm³/mol. The van der Waals surface area contributed by atoms with Crippen molar-refractivity contribution in [1.82, 2.24) is 10.2 Å². The maximum Gasteiger partial charge on any atom is 0.225 e. The van der Waals surface area contributed by atoms with E-state index in [2.05, 4.69) is 16.8 Å². The topological polar surface area (TPSA) is 41.6 Å². The second kappa shape index (κ2) is 6.03. The Hall–Kier alpha value is -0.910. The number of nitrogens with zero attached hydrogens (tertiary/aromatic N) is 1. The van der Waals surface area contributed by atoms with Crippen molar-refractivity contribution < 1.29 is 9.53 Å². The summed E-state index contributed by atoms with van der Waals surface area (Å²) in [6, 6.07) is 4.13. The van der Waals surface area contributed by atoms with E-state index in [0.717, 1.165) is 32.5 Å². The van der Waals surface area contributed by atoms with Crippen LogP contribution < -0.4 is 5.32 Å². The summed E-state index contributed by atoms with van der Waals surface area (Å²) in [6.07, 6.45) is 2.01. The van der Waals surface area contributed by atoms with Gasteiger partial charge in [-0.25, -0.2) is 0 Å². The van der Waals surface area contributed by atoms with Gasteiger partial charge in [-0.2, -0.15) is 0 Å². The van der Waals surface area contributed by atoms with Crippen LogP contribution in [0.4, 0.5) is 0 Å². The molecule has 0 spiro atoms. The van der Waals surface area contributed by atoms with Crippen LogP contribution in [0.15, 0.2) is 17.5 Å². The van der Waals surface area contributed by atoms with Crippen LogP contribution in [0.2, 0.25) is 0 Å². The highest BCUT2D eigenvalue weighted by molar-refractivity contribution is 7.10. The number of rotatable bonds is 2. The molecule has 19 heavy (non-hydrogen) atoms. The number of amides is 1. The Kier molecular flexibility index (Phi) is 4.15. The maximum absolute atomic E-state index is 12.5. The second-order valence-corrected chi connectivity index (χ2v) is 6.16. The first kappa shape index (κ1) is 13.1. The summed E-state index contributed by atoms with van der Waals surface area (Å²) in [5, 5.41) is 5.37. The highest BCUT2D eigenvalue weighted by Gasteiger charge is 2.30. The van der Waals surface area contributed by atoms with E-state index in [9.17, 15) is 4.79 Å². The lowest BCUT2D eigenvalue weighted by Crippen LogP contribution is -2.46. The summed E-state index contributed by atoms with van der Waals surface area (Å²) in [7, 11) is 0. The van der Waals surface area contributed by atoms with E-state index < -0.39 is 0 Å². The second-order valence-electron chi connectivity index (χ2n) is 5.18. The van der Waals surface area contributed by atoms with Gasteiger partial charge in [0.05, 0.1) is 13.2 Å². The van der Waals surface area contributed by atoms with Gasteiger partial charge in [0.1, 0.15) is 6.10 Å². The highest BCUT2D eigenvalue weighted by atomic mass is 32.1. The summed E-state index contributed by atoms with van der Waals surface area (Å²) < 4.78 is 5.79. The Balaban J connectivity index is 1.62. The molecule has 3 heterocycles. The van der Waals surface area contributed by atoms with E-state index in [0.29, 0.717) is 19.1 Å². The Morgan fingerprint density at radius 1 is 1.42 bits per heavy atom. The van der Waals surface area contributed by atoms with Crippen LogP contribution in [0.25, 0.3) is 0 Å². The molecule has 104 valence electrons. The van der Waals surface area contributed by atoms with Gasteiger partial charge in [-0.1, -0.05) is 6.07 Å². The zero-order chi connectivity index (χ0) is 13.1. The molecule has 0 aliphatic carbocycles. The molecule has 1 atom stereocenters. The molecule has 1 N–H and O–H groups in total. The SMILES string of the molecule is O=C(C1CCNCC1)N1CCOC(c2cccs2)C1. The van der Waals surface area contributed by atoms with Crippen LogP contribution in [-0.4, -0.2) is 43.6 Å². The van der Waals surface area contributed by atoms with Gasteiger partial charge in [-0.3, -0.25) is 4.79 Å². The van der Waals surface area contributed by atoms with Crippen molar-refractivity contribution in [2.45, 2.75) is 18.9 Å². The average Bonchev–Trinajstić information content (AvgIpc) is 3.02. The smallest absolute Gasteiger partial charge is 0.225 e. The van der Waals surface area contributed by atoms with Crippen LogP contribution in [0.5, 0.6) is 0 Å². The van der Waals surface area contributed by atoms with Crippen LogP contribution in [0, 0.1) is 5.92 Å². The predicted octanol–water partition coefficient (Wildman–Crippen LogP) is 1.65. The number of ether oxygens (including phenoxy) is 1. The van der Waals surface area contributed by atoms with Gasteiger partial charge < -0.3 is 15.0 Å². The molecular weight excluding hydrogens is 260 g/mol. The molecule has 0 saturated carbocycles. The third kappa shape index (κ3) is 2.99. The summed E-state index contributed by atoms with van der Waals surface area (Å²) in [5.74, 6) is 0.537. The molecule has 2 saturated heterocycles.